The SMILES string of the molecule is CC(C)N(Cc1ccc(C(=O)NN(c2nc(C#N)ncc2Cl)C2CCCC2)cc1)C(C)C.O=C(O)C(F)(F)F. The number of carboxylic acids is 1. The zero-order valence-corrected chi connectivity index (χ0v) is 22.9. The van der Waals surface area contributed by atoms with E-state index in [0.29, 0.717) is 28.5 Å². The smallest absolute Gasteiger partial charge is 0.475 e. The number of hydrogen-bond donors (Lipinski definition) is 2. The molecule has 0 spiro atoms. The highest BCUT2D eigenvalue weighted by molar-refractivity contribution is 6.32. The first-order chi connectivity index (χ1) is 18.2. The first-order valence-corrected chi connectivity index (χ1v) is 12.8. The molecular formula is C26H32ClF3N6O3. The van der Waals surface area contributed by atoms with Gasteiger partial charge in [0.2, 0.25) is 5.82 Å². The van der Waals surface area contributed by atoms with Crippen LogP contribution in [0, 0.1) is 11.3 Å². The van der Waals surface area contributed by atoms with Crippen molar-refractivity contribution in [3.63, 3.8) is 0 Å². The molecule has 1 fully saturated rings. The molecule has 2 aromatic rings. The number of aromatic nitrogens is 2. The fourth-order valence-electron chi connectivity index (χ4n) is 4.17. The van der Waals surface area contributed by atoms with Crippen LogP contribution in [-0.2, 0) is 11.3 Å². The normalized spacial score (nSPS) is 13.7. The van der Waals surface area contributed by atoms with Crippen LogP contribution >= 0.6 is 11.6 Å². The minimum absolute atomic E-state index is 0.0193. The maximum absolute atomic E-state index is 13.1. The zero-order chi connectivity index (χ0) is 29.3. The first-order valence-electron chi connectivity index (χ1n) is 12.4. The van der Waals surface area contributed by atoms with Gasteiger partial charge in [-0.05, 0) is 58.2 Å². The zero-order valence-electron chi connectivity index (χ0n) is 22.2. The van der Waals surface area contributed by atoms with Crippen LogP contribution < -0.4 is 10.4 Å². The predicted molar refractivity (Wildman–Crippen MR) is 140 cm³/mol. The van der Waals surface area contributed by atoms with Gasteiger partial charge in [0.25, 0.3) is 5.91 Å². The summed E-state index contributed by atoms with van der Waals surface area (Å²) in [6.07, 6.45) is 0.299. The van der Waals surface area contributed by atoms with Crippen molar-refractivity contribution in [2.24, 2.45) is 0 Å². The number of carbonyl (C=O) groups excluding carboxylic acids is 1. The van der Waals surface area contributed by atoms with E-state index >= 15 is 0 Å². The number of hydrogen-bond acceptors (Lipinski definition) is 7. The van der Waals surface area contributed by atoms with Crippen molar-refractivity contribution in [2.75, 3.05) is 5.01 Å². The fourth-order valence-corrected chi connectivity index (χ4v) is 4.35. The Bertz CT molecular complexity index is 1160. The monoisotopic (exact) mass is 568 g/mol. The van der Waals surface area contributed by atoms with Crippen molar-refractivity contribution in [1.82, 2.24) is 20.3 Å². The number of rotatable bonds is 8. The van der Waals surface area contributed by atoms with Gasteiger partial charge in [-0.2, -0.15) is 23.4 Å². The fraction of sp³-hybridized carbons (Fsp3) is 0.500. The van der Waals surface area contributed by atoms with Crippen LogP contribution in [0.5, 0.6) is 0 Å². The molecule has 1 heterocycles. The summed E-state index contributed by atoms with van der Waals surface area (Å²) in [5.41, 5.74) is 4.70. The number of aliphatic carboxylic acids is 1. The summed E-state index contributed by atoms with van der Waals surface area (Å²) in [5.74, 6) is -2.61. The average Bonchev–Trinajstić information content (AvgIpc) is 3.41. The molecule has 0 radical (unpaired) electrons. The van der Waals surface area contributed by atoms with Crippen LogP contribution in [0.1, 0.15) is 75.1 Å². The van der Waals surface area contributed by atoms with Gasteiger partial charge in [0.05, 0.1) is 12.2 Å². The van der Waals surface area contributed by atoms with Crippen LogP contribution in [-0.4, -0.2) is 56.2 Å². The van der Waals surface area contributed by atoms with Gasteiger partial charge in [0, 0.05) is 24.2 Å². The number of hydrazine groups is 1. The van der Waals surface area contributed by atoms with E-state index in [9.17, 15) is 23.2 Å². The van der Waals surface area contributed by atoms with E-state index in [-0.39, 0.29) is 17.8 Å². The number of nitrogens with zero attached hydrogens (tertiary/aromatic N) is 5. The summed E-state index contributed by atoms with van der Waals surface area (Å²) in [5, 5.41) is 18.3. The molecule has 0 atom stereocenters. The molecule has 1 aromatic heterocycles. The van der Waals surface area contributed by atoms with Crippen molar-refractivity contribution in [1.29, 1.82) is 5.26 Å². The highest BCUT2D eigenvalue weighted by Crippen LogP contribution is 2.30. The number of nitrogens with one attached hydrogen (secondary N) is 1. The molecule has 1 aromatic carbocycles. The van der Waals surface area contributed by atoms with Crippen molar-refractivity contribution in [3.8, 4) is 6.07 Å². The number of alkyl halides is 3. The Morgan fingerprint density at radius 2 is 1.69 bits per heavy atom. The lowest BCUT2D eigenvalue weighted by molar-refractivity contribution is -0.192. The van der Waals surface area contributed by atoms with E-state index in [4.69, 9.17) is 21.5 Å². The minimum Gasteiger partial charge on any atom is -0.475 e. The van der Waals surface area contributed by atoms with Gasteiger partial charge in [0.1, 0.15) is 11.1 Å². The van der Waals surface area contributed by atoms with Crippen molar-refractivity contribution < 1.29 is 27.9 Å². The molecule has 1 aliphatic carbocycles. The average molecular weight is 569 g/mol. The number of halogens is 4. The van der Waals surface area contributed by atoms with E-state index < -0.39 is 12.1 Å². The lowest BCUT2D eigenvalue weighted by Crippen LogP contribution is -2.48. The third-order valence-electron chi connectivity index (χ3n) is 6.12. The maximum atomic E-state index is 13.1. The molecule has 3 rings (SSSR count). The van der Waals surface area contributed by atoms with Crippen molar-refractivity contribution in [2.45, 2.75) is 84.2 Å². The third-order valence-corrected chi connectivity index (χ3v) is 6.38. The summed E-state index contributed by atoms with van der Waals surface area (Å²) >= 11 is 6.34. The van der Waals surface area contributed by atoms with E-state index in [1.165, 1.54) is 6.20 Å². The van der Waals surface area contributed by atoms with Crippen LogP contribution in [0.3, 0.4) is 0 Å². The molecular weight excluding hydrogens is 537 g/mol. The molecule has 0 unspecified atom stereocenters. The second-order valence-electron chi connectivity index (χ2n) is 9.59. The molecule has 13 heteroatoms. The Balaban J connectivity index is 0.000000673. The Kier molecular flexibility index (Phi) is 11.5. The molecule has 2 N–H and O–H groups in total. The van der Waals surface area contributed by atoms with E-state index in [1.54, 1.807) is 5.01 Å². The quantitative estimate of drug-likeness (QED) is 0.409. The molecule has 1 saturated carbocycles. The second-order valence-corrected chi connectivity index (χ2v) is 9.99. The first kappa shape index (κ1) is 31.8. The van der Waals surface area contributed by atoms with Gasteiger partial charge in [0.15, 0.2) is 5.82 Å². The Hall–Kier alpha value is -3.43. The van der Waals surface area contributed by atoms with Crippen molar-refractivity contribution in [3.05, 3.63) is 52.4 Å². The molecule has 1 aliphatic rings. The third kappa shape index (κ3) is 9.37. The summed E-state index contributed by atoms with van der Waals surface area (Å²) in [6.45, 7) is 9.59. The minimum atomic E-state index is -5.08. The number of anilines is 1. The lowest BCUT2D eigenvalue weighted by Gasteiger charge is -2.31. The highest BCUT2D eigenvalue weighted by Gasteiger charge is 2.38. The second kappa shape index (κ2) is 14.1. The summed E-state index contributed by atoms with van der Waals surface area (Å²) < 4.78 is 31.7. The number of carbonyl (C=O) groups is 2. The van der Waals surface area contributed by atoms with E-state index in [2.05, 4.69) is 48.0 Å². The maximum Gasteiger partial charge on any atom is 0.490 e. The van der Waals surface area contributed by atoms with Crippen LogP contribution in [0.25, 0.3) is 0 Å². The van der Waals surface area contributed by atoms with Gasteiger partial charge in [-0.3, -0.25) is 20.1 Å². The molecule has 39 heavy (non-hydrogen) atoms. The van der Waals surface area contributed by atoms with Gasteiger partial charge in [-0.15, -0.1) is 0 Å². The Morgan fingerprint density at radius 1 is 1.15 bits per heavy atom. The van der Waals surface area contributed by atoms with Crippen LogP contribution in [0.2, 0.25) is 5.02 Å². The van der Waals surface area contributed by atoms with Gasteiger partial charge >= 0.3 is 12.1 Å². The van der Waals surface area contributed by atoms with E-state index in [0.717, 1.165) is 37.8 Å². The Morgan fingerprint density at radius 3 is 2.15 bits per heavy atom. The molecule has 212 valence electrons. The molecule has 0 saturated heterocycles. The standard InChI is InChI=1S/C24H31ClN6O.C2HF3O2/c1-16(2)30(17(3)4)15-18-9-11-19(12-10-18)24(32)29-31(20-7-5-6-8-20)23-21(25)14-27-22(13-26)28-23;3-2(4,5)1(6)7/h9-12,14,16-17,20H,5-8,15H2,1-4H3,(H,29,32);(H,6,7). The Labute approximate surface area is 230 Å². The molecule has 0 aliphatic heterocycles. The van der Waals surface area contributed by atoms with Crippen molar-refractivity contribution >= 4 is 29.3 Å². The van der Waals surface area contributed by atoms with E-state index in [1.807, 2.05) is 30.3 Å². The summed E-state index contributed by atoms with van der Waals surface area (Å²) in [7, 11) is 0. The molecule has 9 nitrogen and oxygen atoms in total. The molecule has 0 bridgehead atoms. The molecule has 1 amide bonds. The number of nitriles is 1. The predicted octanol–water partition coefficient (Wildman–Crippen LogP) is 5.35. The van der Waals surface area contributed by atoms with Crippen LogP contribution in [0.4, 0.5) is 19.0 Å². The topological polar surface area (TPSA) is 122 Å². The van der Waals surface area contributed by atoms with Gasteiger partial charge in [-0.25, -0.2) is 9.78 Å². The number of benzene rings is 1. The van der Waals surface area contributed by atoms with Gasteiger partial charge < -0.3 is 5.11 Å². The lowest BCUT2D eigenvalue weighted by atomic mass is 10.1. The van der Waals surface area contributed by atoms with Gasteiger partial charge in [-0.1, -0.05) is 36.6 Å². The highest BCUT2D eigenvalue weighted by atomic mass is 35.5. The summed E-state index contributed by atoms with van der Waals surface area (Å²) in [6, 6.07) is 10.6. The summed E-state index contributed by atoms with van der Waals surface area (Å²) in [4.78, 5) is 32.6. The number of carboxylic acid groups (broad SMARTS) is 1. The van der Waals surface area contributed by atoms with Crippen LogP contribution in [0.15, 0.2) is 30.5 Å². The number of amides is 1. The largest absolute Gasteiger partial charge is 0.490 e.